The van der Waals surface area contributed by atoms with Crippen molar-refractivity contribution in [2.45, 2.75) is 26.7 Å². The van der Waals surface area contributed by atoms with Gasteiger partial charge in [0.25, 0.3) is 5.91 Å². The van der Waals surface area contributed by atoms with Gasteiger partial charge in [-0.25, -0.2) is 0 Å². The number of carbonyl (C=O) groups excluding carboxylic acids is 2. The molecule has 6 nitrogen and oxygen atoms in total. The summed E-state index contributed by atoms with van der Waals surface area (Å²) < 4.78 is 0.996. The van der Waals surface area contributed by atoms with Crippen LogP contribution in [0.25, 0.3) is 0 Å². The summed E-state index contributed by atoms with van der Waals surface area (Å²) in [5.41, 5.74) is 3.62. The Kier molecular flexibility index (Phi) is 6.53. The van der Waals surface area contributed by atoms with Crippen LogP contribution in [0.1, 0.15) is 32.4 Å². The molecule has 0 atom stereocenters. The second-order valence-corrected chi connectivity index (χ2v) is 8.25. The number of halogens is 1. The smallest absolute Gasteiger partial charge is 0.286 e. The highest BCUT2D eigenvalue weighted by molar-refractivity contribution is 9.10. The molecule has 0 saturated carbocycles. The van der Waals surface area contributed by atoms with Gasteiger partial charge in [-0.1, -0.05) is 45.0 Å². The summed E-state index contributed by atoms with van der Waals surface area (Å²) in [5, 5.41) is 14.5. The number of benzene rings is 2. The molecule has 0 saturated heterocycles. The first-order chi connectivity index (χ1) is 13.4. The van der Waals surface area contributed by atoms with E-state index in [9.17, 15) is 9.59 Å². The molecule has 1 aromatic heterocycles. The van der Waals surface area contributed by atoms with Crippen molar-refractivity contribution < 1.29 is 9.59 Å². The zero-order chi connectivity index (χ0) is 20.1. The number of carbonyl (C=O) groups is 2. The molecule has 0 radical (unpaired) electrons. The number of aromatic nitrogens is 2. The van der Waals surface area contributed by atoms with Crippen LogP contribution in [0.4, 0.5) is 11.4 Å². The quantitative estimate of drug-likeness (QED) is 0.558. The summed E-state index contributed by atoms with van der Waals surface area (Å²) >= 11 is 4.63. The molecule has 0 spiro atoms. The number of rotatable bonds is 6. The van der Waals surface area contributed by atoms with Gasteiger partial charge in [0.15, 0.2) is 0 Å². The monoisotopic (exact) mass is 458 g/mol. The number of anilines is 2. The topological polar surface area (TPSA) is 84.0 Å². The Morgan fingerprint density at radius 3 is 2.43 bits per heavy atom. The Balaban J connectivity index is 1.52. The molecular formula is C20H19BrN4O2S. The van der Waals surface area contributed by atoms with Crippen LogP contribution in [0.15, 0.2) is 46.9 Å². The minimum atomic E-state index is -0.303. The van der Waals surface area contributed by atoms with E-state index in [1.807, 2.05) is 56.3 Å². The molecule has 2 N–H and O–H groups in total. The number of aryl methyl sites for hydroxylation is 3. The third-order valence-corrected chi connectivity index (χ3v) is 5.85. The second kappa shape index (κ2) is 9.07. The van der Waals surface area contributed by atoms with Gasteiger partial charge in [0, 0.05) is 28.7 Å². The number of hydrogen-bond donors (Lipinski definition) is 2. The third kappa shape index (κ3) is 5.46. The molecule has 1 heterocycles. The van der Waals surface area contributed by atoms with Gasteiger partial charge in [0.2, 0.25) is 10.9 Å². The summed E-state index contributed by atoms with van der Waals surface area (Å²) in [6.07, 6.45) is 0.695. The second-order valence-electron chi connectivity index (χ2n) is 6.33. The van der Waals surface area contributed by atoms with E-state index in [1.54, 1.807) is 0 Å². The molecule has 0 aliphatic carbocycles. The maximum Gasteiger partial charge on any atom is 0.286 e. The van der Waals surface area contributed by atoms with Crippen molar-refractivity contribution >= 4 is 50.5 Å². The number of nitrogens with zero attached hydrogens (tertiary/aromatic N) is 2. The van der Waals surface area contributed by atoms with E-state index in [2.05, 4.69) is 36.8 Å². The Hall–Kier alpha value is -2.58. The van der Waals surface area contributed by atoms with E-state index in [1.165, 1.54) is 11.3 Å². The summed E-state index contributed by atoms with van der Waals surface area (Å²) in [5.74, 6) is -0.412. The lowest BCUT2D eigenvalue weighted by Crippen LogP contribution is -2.12. The fourth-order valence-electron chi connectivity index (χ4n) is 2.43. The van der Waals surface area contributed by atoms with E-state index in [0.29, 0.717) is 17.1 Å². The predicted molar refractivity (Wildman–Crippen MR) is 115 cm³/mol. The molecule has 2 aromatic carbocycles. The van der Waals surface area contributed by atoms with Crippen LogP contribution in [0.5, 0.6) is 0 Å². The highest BCUT2D eigenvalue weighted by atomic mass is 79.9. The van der Waals surface area contributed by atoms with Crippen LogP contribution in [0, 0.1) is 13.8 Å². The van der Waals surface area contributed by atoms with Gasteiger partial charge in [-0.05, 0) is 49.7 Å². The number of nitrogens with one attached hydrogen (secondary N) is 2. The van der Waals surface area contributed by atoms with Gasteiger partial charge < -0.3 is 10.6 Å². The van der Waals surface area contributed by atoms with E-state index in [0.717, 1.165) is 21.3 Å². The van der Waals surface area contributed by atoms with Gasteiger partial charge >= 0.3 is 0 Å². The Labute approximate surface area is 175 Å². The number of amides is 2. The van der Waals surface area contributed by atoms with Crippen molar-refractivity contribution in [2.75, 3.05) is 10.6 Å². The Morgan fingerprint density at radius 2 is 1.71 bits per heavy atom. The fraction of sp³-hybridized carbons (Fsp3) is 0.200. The molecule has 3 aromatic rings. The van der Waals surface area contributed by atoms with E-state index >= 15 is 0 Å². The van der Waals surface area contributed by atoms with Gasteiger partial charge in [0.1, 0.15) is 5.01 Å². The fourth-order valence-corrected chi connectivity index (χ4v) is 3.42. The molecule has 8 heteroatoms. The van der Waals surface area contributed by atoms with Crippen molar-refractivity contribution in [3.05, 3.63) is 68.1 Å². The minimum absolute atomic E-state index is 0.109. The molecule has 0 aliphatic heterocycles. The van der Waals surface area contributed by atoms with Crippen LogP contribution >= 0.6 is 27.3 Å². The first kappa shape index (κ1) is 20.2. The van der Waals surface area contributed by atoms with Gasteiger partial charge in [0.05, 0.1) is 0 Å². The molecule has 0 unspecified atom stereocenters. The molecular weight excluding hydrogens is 440 g/mol. The van der Waals surface area contributed by atoms with Crippen molar-refractivity contribution in [1.29, 1.82) is 0 Å². The summed E-state index contributed by atoms with van der Waals surface area (Å²) in [6, 6.07) is 13.2. The Bertz CT molecular complexity index is 1000. The number of hydrogen-bond acceptors (Lipinski definition) is 5. The van der Waals surface area contributed by atoms with Crippen molar-refractivity contribution in [2.24, 2.45) is 0 Å². The van der Waals surface area contributed by atoms with Crippen molar-refractivity contribution in [1.82, 2.24) is 10.2 Å². The first-order valence-corrected chi connectivity index (χ1v) is 10.3. The van der Waals surface area contributed by atoms with E-state index < -0.39 is 0 Å². The SMILES string of the molecule is Cc1ccc(NC(=O)c2nnc(CCC(=O)Nc3ccc(Br)c(C)c3)s2)cc1. The molecule has 0 aliphatic rings. The van der Waals surface area contributed by atoms with Crippen LogP contribution in [0.3, 0.4) is 0 Å². The minimum Gasteiger partial charge on any atom is -0.326 e. The van der Waals surface area contributed by atoms with Gasteiger partial charge in [-0.15, -0.1) is 10.2 Å². The molecule has 0 fully saturated rings. The zero-order valence-corrected chi connectivity index (χ0v) is 17.9. The summed E-state index contributed by atoms with van der Waals surface area (Å²) in [7, 11) is 0. The standard InChI is InChI=1S/C20H19BrN4O2S/c1-12-3-5-14(6-4-12)23-19(27)20-25-24-18(28-20)10-9-17(26)22-15-7-8-16(21)13(2)11-15/h3-8,11H,9-10H2,1-2H3,(H,22,26)(H,23,27). The largest absolute Gasteiger partial charge is 0.326 e. The van der Waals surface area contributed by atoms with E-state index in [-0.39, 0.29) is 23.2 Å². The lowest BCUT2D eigenvalue weighted by atomic mass is 10.2. The molecule has 144 valence electrons. The van der Waals surface area contributed by atoms with E-state index in [4.69, 9.17) is 0 Å². The molecule has 2 amide bonds. The average Bonchev–Trinajstić information content (AvgIpc) is 3.14. The predicted octanol–water partition coefficient (Wildman–Crippen LogP) is 4.74. The molecule has 28 heavy (non-hydrogen) atoms. The third-order valence-electron chi connectivity index (χ3n) is 3.98. The van der Waals surface area contributed by atoms with Crippen LogP contribution in [-0.2, 0) is 11.2 Å². The summed E-state index contributed by atoms with van der Waals surface area (Å²) in [6.45, 7) is 3.95. The van der Waals surface area contributed by atoms with Crippen molar-refractivity contribution in [3.63, 3.8) is 0 Å². The van der Waals surface area contributed by atoms with Gasteiger partial charge in [-0.3, -0.25) is 9.59 Å². The van der Waals surface area contributed by atoms with Crippen LogP contribution < -0.4 is 10.6 Å². The normalized spacial score (nSPS) is 10.5. The molecule has 0 bridgehead atoms. The highest BCUT2D eigenvalue weighted by Crippen LogP contribution is 2.20. The van der Waals surface area contributed by atoms with Crippen molar-refractivity contribution in [3.8, 4) is 0 Å². The lowest BCUT2D eigenvalue weighted by Gasteiger charge is -2.06. The zero-order valence-electron chi connectivity index (χ0n) is 15.5. The highest BCUT2D eigenvalue weighted by Gasteiger charge is 2.14. The van der Waals surface area contributed by atoms with Crippen LogP contribution in [0.2, 0.25) is 0 Å². The first-order valence-electron chi connectivity index (χ1n) is 8.67. The van der Waals surface area contributed by atoms with Gasteiger partial charge in [-0.2, -0.15) is 0 Å². The molecule has 3 rings (SSSR count). The maximum absolute atomic E-state index is 12.3. The summed E-state index contributed by atoms with van der Waals surface area (Å²) in [4.78, 5) is 24.4. The Morgan fingerprint density at radius 1 is 1.00 bits per heavy atom. The average molecular weight is 459 g/mol. The van der Waals surface area contributed by atoms with Crippen LogP contribution in [-0.4, -0.2) is 22.0 Å². The lowest BCUT2D eigenvalue weighted by molar-refractivity contribution is -0.116. The maximum atomic E-state index is 12.3.